The summed E-state index contributed by atoms with van der Waals surface area (Å²) >= 11 is 3.39. The molecule has 0 aliphatic heterocycles. The number of pyridine rings is 1. The summed E-state index contributed by atoms with van der Waals surface area (Å²) in [4.78, 5) is 4.09. The van der Waals surface area contributed by atoms with Gasteiger partial charge in [0.05, 0.1) is 0 Å². The summed E-state index contributed by atoms with van der Waals surface area (Å²) in [7, 11) is 0. The largest absolute Gasteiger partial charge is 0.309 e. The van der Waals surface area contributed by atoms with Crippen molar-refractivity contribution in [3.8, 4) is 0 Å². The van der Waals surface area contributed by atoms with Crippen LogP contribution in [0, 0.1) is 0 Å². The van der Waals surface area contributed by atoms with Crippen molar-refractivity contribution in [2.24, 2.45) is 0 Å². The van der Waals surface area contributed by atoms with Crippen LogP contribution in [0.15, 0.2) is 29.0 Å². The topological polar surface area (TPSA) is 24.9 Å². The molecule has 0 bridgehead atoms. The molecule has 1 N–H and O–H groups in total. The molecule has 0 aliphatic carbocycles. The van der Waals surface area contributed by atoms with Crippen molar-refractivity contribution in [1.82, 2.24) is 10.3 Å². The van der Waals surface area contributed by atoms with Gasteiger partial charge in [0.25, 0.3) is 0 Å². The van der Waals surface area contributed by atoms with E-state index in [-0.39, 0.29) is 5.54 Å². The molecular weight excluding hydrogens is 252 g/mol. The molecule has 0 unspecified atom stereocenters. The summed E-state index contributed by atoms with van der Waals surface area (Å²) < 4.78 is 1.01. The Kier molecular flexibility index (Phi) is 4.48. The van der Waals surface area contributed by atoms with Gasteiger partial charge in [-0.15, -0.1) is 0 Å². The first kappa shape index (κ1) is 12.4. The highest BCUT2D eigenvalue weighted by Crippen LogP contribution is 2.10. The third kappa shape index (κ3) is 5.70. The van der Waals surface area contributed by atoms with E-state index in [1.165, 1.54) is 0 Å². The Hall–Kier alpha value is -0.670. The monoisotopic (exact) mass is 268 g/mol. The van der Waals surface area contributed by atoms with Gasteiger partial charge in [-0.1, -0.05) is 12.2 Å². The van der Waals surface area contributed by atoms with Crippen molar-refractivity contribution in [2.45, 2.75) is 26.3 Å². The molecule has 0 amide bonds. The second kappa shape index (κ2) is 5.42. The number of nitrogens with one attached hydrogen (secondary N) is 1. The van der Waals surface area contributed by atoms with Crippen LogP contribution in [0.1, 0.15) is 26.3 Å². The van der Waals surface area contributed by atoms with Gasteiger partial charge in [-0.05, 0) is 48.3 Å². The Morgan fingerprint density at radius 2 is 2.13 bits per heavy atom. The van der Waals surface area contributed by atoms with Gasteiger partial charge >= 0.3 is 0 Å². The van der Waals surface area contributed by atoms with E-state index in [2.05, 4.69) is 59.2 Å². The van der Waals surface area contributed by atoms with Gasteiger partial charge in [-0.25, -0.2) is 0 Å². The summed E-state index contributed by atoms with van der Waals surface area (Å²) in [5, 5.41) is 3.39. The summed E-state index contributed by atoms with van der Waals surface area (Å²) in [6, 6.07) is 2.04. The number of halogens is 1. The highest BCUT2D eigenvalue weighted by molar-refractivity contribution is 9.10. The number of hydrogen-bond acceptors (Lipinski definition) is 2. The van der Waals surface area contributed by atoms with E-state index in [0.29, 0.717) is 0 Å². The minimum Gasteiger partial charge on any atom is -0.309 e. The molecule has 0 saturated carbocycles. The predicted molar refractivity (Wildman–Crippen MR) is 68.7 cm³/mol. The lowest BCUT2D eigenvalue weighted by Gasteiger charge is -2.18. The van der Waals surface area contributed by atoms with E-state index < -0.39 is 0 Å². The minimum atomic E-state index is 0.167. The maximum absolute atomic E-state index is 4.09. The zero-order valence-corrected chi connectivity index (χ0v) is 11.0. The third-order valence-electron chi connectivity index (χ3n) is 1.79. The fourth-order valence-corrected chi connectivity index (χ4v) is 1.46. The second-order valence-corrected chi connectivity index (χ2v) is 5.39. The van der Waals surface area contributed by atoms with Crippen molar-refractivity contribution in [2.75, 3.05) is 6.54 Å². The van der Waals surface area contributed by atoms with Crippen LogP contribution >= 0.6 is 15.9 Å². The average Bonchev–Trinajstić information content (AvgIpc) is 2.11. The van der Waals surface area contributed by atoms with Crippen LogP contribution in [-0.4, -0.2) is 17.1 Å². The van der Waals surface area contributed by atoms with E-state index in [9.17, 15) is 0 Å². The molecule has 0 spiro atoms. The molecule has 0 atom stereocenters. The fraction of sp³-hybridized carbons (Fsp3) is 0.417. The Bertz CT molecular complexity index is 340. The molecule has 0 fully saturated rings. The maximum Gasteiger partial charge on any atom is 0.0410 e. The maximum atomic E-state index is 4.09. The van der Waals surface area contributed by atoms with Gasteiger partial charge in [-0.2, -0.15) is 0 Å². The first-order valence-electron chi connectivity index (χ1n) is 4.99. The average molecular weight is 269 g/mol. The summed E-state index contributed by atoms with van der Waals surface area (Å²) in [6.45, 7) is 7.33. The molecule has 0 aromatic carbocycles. The van der Waals surface area contributed by atoms with E-state index in [1.807, 2.05) is 12.3 Å². The fourth-order valence-electron chi connectivity index (χ4n) is 1.08. The van der Waals surface area contributed by atoms with Crippen molar-refractivity contribution >= 4 is 22.0 Å². The van der Waals surface area contributed by atoms with Crippen LogP contribution in [0.2, 0.25) is 0 Å². The quantitative estimate of drug-likeness (QED) is 0.911. The molecule has 0 radical (unpaired) electrons. The molecule has 82 valence electrons. The molecular formula is C12H17BrN2. The van der Waals surface area contributed by atoms with Crippen LogP contribution < -0.4 is 5.32 Å². The Morgan fingerprint density at radius 1 is 1.40 bits per heavy atom. The number of rotatable bonds is 3. The summed E-state index contributed by atoms with van der Waals surface area (Å²) in [6.07, 6.45) is 7.80. The lowest BCUT2D eigenvalue weighted by Crippen LogP contribution is -2.35. The van der Waals surface area contributed by atoms with E-state index in [1.54, 1.807) is 6.20 Å². The van der Waals surface area contributed by atoms with Gasteiger partial charge in [0.2, 0.25) is 0 Å². The third-order valence-corrected chi connectivity index (χ3v) is 2.22. The first-order valence-corrected chi connectivity index (χ1v) is 5.79. The Balaban J connectivity index is 2.45. The normalized spacial score (nSPS) is 12.3. The first-order chi connectivity index (χ1) is 6.97. The van der Waals surface area contributed by atoms with Crippen LogP contribution in [0.4, 0.5) is 0 Å². The lowest BCUT2D eigenvalue weighted by atomic mass is 10.1. The molecule has 15 heavy (non-hydrogen) atoms. The van der Waals surface area contributed by atoms with E-state index in [0.717, 1.165) is 16.6 Å². The van der Waals surface area contributed by atoms with Gasteiger partial charge < -0.3 is 5.32 Å². The van der Waals surface area contributed by atoms with Crippen LogP contribution in [0.5, 0.6) is 0 Å². The zero-order valence-electron chi connectivity index (χ0n) is 9.42. The van der Waals surface area contributed by atoms with Crippen LogP contribution in [-0.2, 0) is 0 Å². The number of aromatic nitrogens is 1. The van der Waals surface area contributed by atoms with Crippen molar-refractivity contribution in [3.05, 3.63) is 34.6 Å². The Morgan fingerprint density at radius 3 is 2.73 bits per heavy atom. The molecule has 3 heteroatoms. The second-order valence-electron chi connectivity index (χ2n) is 4.47. The molecule has 1 aromatic heterocycles. The van der Waals surface area contributed by atoms with Crippen LogP contribution in [0.3, 0.4) is 0 Å². The molecule has 1 aromatic rings. The Labute approximate surface area is 99.9 Å². The highest BCUT2D eigenvalue weighted by atomic mass is 79.9. The molecule has 0 saturated heterocycles. The van der Waals surface area contributed by atoms with Gasteiger partial charge in [-0.3, -0.25) is 4.98 Å². The minimum absolute atomic E-state index is 0.167. The highest BCUT2D eigenvalue weighted by Gasteiger charge is 2.05. The summed E-state index contributed by atoms with van der Waals surface area (Å²) in [5.41, 5.74) is 1.28. The van der Waals surface area contributed by atoms with Crippen molar-refractivity contribution in [1.29, 1.82) is 0 Å². The smallest absolute Gasteiger partial charge is 0.0410 e. The van der Waals surface area contributed by atoms with Gasteiger partial charge in [0, 0.05) is 29.0 Å². The molecule has 1 heterocycles. The van der Waals surface area contributed by atoms with Gasteiger partial charge in [0.15, 0.2) is 0 Å². The van der Waals surface area contributed by atoms with Crippen molar-refractivity contribution < 1.29 is 0 Å². The molecule has 1 rings (SSSR count). The van der Waals surface area contributed by atoms with Gasteiger partial charge in [0.1, 0.15) is 0 Å². The lowest BCUT2D eigenvalue weighted by molar-refractivity contribution is 0.450. The summed E-state index contributed by atoms with van der Waals surface area (Å²) in [5.74, 6) is 0. The van der Waals surface area contributed by atoms with Crippen molar-refractivity contribution in [3.63, 3.8) is 0 Å². The predicted octanol–water partition coefficient (Wildman–Crippen LogP) is 3.25. The van der Waals surface area contributed by atoms with E-state index in [4.69, 9.17) is 0 Å². The standard InChI is InChI=1S/C12H17BrN2/c1-12(2,3)15-6-4-5-10-7-11(13)9-14-8-10/h4-5,7-9,15H,6H2,1-3H3/b5-4+. The molecule has 0 aliphatic rings. The zero-order chi connectivity index (χ0) is 11.3. The SMILES string of the molecule is CC(C)(C)NC/C=C/c1cncc(Br)c1. The molecule has 2 nitrogen and oxygen atoms in total. The number of nitrogens with zero attached hydrogens (tertiary/aromatic N) is 1. The van der Waals surface area contributed by atoms with Crippen LogP contribution in [0.25, 0.3) is 6.08 Å². The number of hydrogen-bond donors (Lipinski definition) is 1. The van der Waals surface area contributed by atoms with E-state index >= 15 is 0 Å².